The fraction of sp³-hybridized carbons (Fsp3) is 0.643. The normalized spacial score (nSPS) is 21.4. The van der Waals surface area contributed by atoms with E-state index in [0.29, 0.717) is 12.6 Å². The minimum absolute atomic E-state index is 0.523. The van der Waals surface area contributed by atoms with Gasteiger partial charge in [0.1, 0.15) is 0 Å². The quantitative estimate of drug-likeness (QED) is 0.857. The molecule has 0 amide bonds. The maximum Gasteiger partial charge on any atom is 0.0451 e. The summed E-state index contributed by atoms with van der Waals surface area (Å²) in [5, 5.41) is 0. The molecule has 0 aliphatic carbocycles. The number of nitrogens with two attached hydrogens (primary N) is 1. The molecule has 18 heavy (non-hydrogen) atoms. The molecule has 2 heterocycles. The predicted octanol–water partition coefficient (Wildman–Crippen LogP) is 1.30. The second-order valence-corrected chi connectivity index (χ2v) is 5.36. The zero-order valence-electron chi connectivity index (χ0n) is 11.9. The lowest BCUT2D eigenvalue weighted by Crippen LogP contribution is -2.51. The monoisotopic (exact) mass is 248 g/mol. The summed E-state index contributed by atoms with van der Waals surface area (Å²) in [4.78, 5) is 9.38. The lowest BCUT2D eigenvalue weighted by Gasteiger charge is -2.41. The number of nitrogens with zero attached hydrogens (tertiary/aromatic N) is 3. The van der Waals surface area contributed by atoms with Crippen molar-refractivity contribution in [3.8, 4) is 0 Å². The molecule has 100 valence electrons. The average Bonchev–Trinajstić information content (AvgIpc) is 2.28. The molecule has 1 aliphatic heterocycles. The molecule has 1 saturated heterocycles. The van der Waals surface area contributed by atoms with Crippen LogP contribution in [0, 0.1) is 13.8 Å². The number of aryl methyl sites for hydroxylation is 2. The fourth-order valence-corrected chi connectivity index (χ4v) is 2.84. The molecule has 1 unspecified atom stereocenters. The van der Waals surface area contributed by atoms with Crippen molar-refractivity contribution >= 4 is 5.69 Å². The molecule has 0 bridgehead atoms. The summed E-state index contributed by atoms with van der Waals surface area (Å²) < 4.78 is 0. The van der Waals surface area contributed by atoms with Gasteiger partial charge in [0.25, 0.3) is 0 Å². The molecule has 2 rings (SSSR count). The smallest absolute Gasteiger partial charge is 0.0451 e. The van der Waals surface area contributed by atoms with Gasteiger partial charge in [-0.1, -0.05) is 0 Å². The van der Waals surface area contributed by atoms with Crippen LogP contribution in [0.25, 0.3) is 0 Å². The number of aromatic nitrogens is 1. The van der Waals surface area contributed by atoms with Crippen molar-refractivity contribution < 1.29 is 0 Å². The minimum atomic E-state index is 0.523. The first kappa shape index (κ1) is 13.3. The molecule has 0 saturated carbocycles. The van der Waals surface area contributed by atoms with Gasteiger partial charge in [-0.2, -0.15) is 0 Å². The first-order valence-corrected chi connectivity index (χ1v) is 6.65. The van der Waals surface area contributed by atoms with Crippen molar-refractivity contribution in [1.29, 1.82) is 0 Å². The van der Waals surface area contributed by atoms with Gasteiger partial charge in [0.05, 0.1) is 0 Å². The van der Waals surface area contributed by atoms with Crippen LogP contribution in [0.15, 0.2) is 6.07 Å². The Kier molecular flexibility index (Phi) is 3.88. The Morgan fingerprint density at radius 1 is 1.39 bits per heavy atom. The zero-order chi connectivity index (χ0) is 13.3. The number of rotatable bonds is 2. The number of hydrogen-bond donors (Lipinski definition) is 1. The second kappa shape index (κ2) is 5.24. The molecule has 0 radical (unpaired) electrons. The minimum Gasteiger partial charge on any atom is -0.366 e. The molecule has 4 nitrogen and oxygen atoms in total. The van der Waals surface area contributed by atoms with Gasteiger partial charge in [-0.15, -0.1) is 0 Å². The van der Waals surface area contributed by atoms with E-state index >= 15 is 0 Å². The van der Waals surface area contributed by atoms with Crippen molar-refractivity contribution in [3.05, 3.63) is 23.0 Å². The Morgan fingerprint density at radius 2 is 2.11 bits per heavy atom. The number of piperazine rings is 1. The van der Waals surface area contributed by atoms with Gasteiger partial charge in [-0.3, -0.25) is 4.98 Å². The third-order valence-electron chi connectivity index (χ3n) is 3.78. The molecule has 1 aromatic heterocycles. The van der Waals surface area contributed by atoms with Crippen LogP contribution in [0.4, 0.5) is 5.69 Å². The average molecular weight is 248 g/mol. The van der Waals surface area contributed by atoms with E-state index in [4.69, 9.17) is 5.73 Å². The van der Waals surface area contributed by atoms with Crippen molar-refractivity contribution in [2.24, 2.45) is 5.73 Å². The molecule has 0 aromatic carbocycles. The summed E-state index contributed by atoms with van der Waals surface area (Å²) in [6.45, 7) is 10.2. The van der Waals surface area contributed by atoms with Crippen molar-refractivity contribution in [2.45, 2.75) is 33.4 Å². The van der Waals surface area contributed by atoms with Crippen LogP contribution < -0.4 is 10.6 Å². The molecule has 0 spiro atoms. The summed E-state index contributed by atoms with van der Waals surface area (Å²) in [5.74, 6) is 0. The molecule has 1 aromatic rings. The predicted molar refractivity (Wildman–Crippen MR) is 75.9 cm³/mol. The highest BCUT2D eigenvalue weighted by molar-refractivity contribution is 5.57. The van der Waals surface area contributed by atoms with Crippen LogP contribution in [-0.4, -0.2) is 42.6 Å². The molecular formula is C14H24N4. The summed E-state index contributed by atoms with van der Waals surface area (Å²) >= 11 is 0. The molecule has 1 fully saturated rings. The fourth-order valence-electron chi connectivity index (χ4n) is 2.84. The van der Waals surface area contributed by atoms with Crippen molar-refractivity contribution in [2.75, 3.05) is 31.6 Å². The molecule has 1 aliphatic rings. The highest BCUT2D eigenvalue weighted by atomic mass is 15.3. The topological polar surface area (TPSA) is 45.4 Å². The van der Waals surface area contributed by atoms with Gasteiger partial charge < -0.3 is 15.5 Å². The van der Waals surface area contributed by atoms with Gasteiger partial charge in [0.2, 0.25) is 0 Å². The van der Waals surface area contributed by atoms with Crippen LogP contribution in [0.3, 0.4) is 0 Å². The van der Waals surface area contributed by atoms with Crippen LogP contribution in [0.1, 0.15) is 23.9 Å². The highest BCUT2D eigenvalue weighted by Crippen LogP contribution is 2.27. The van der Waals surface area contributed by atoms with E-state index in [1.54, 1.807) is 0 Å². The first-order valence-electron chi connectivity index (χ1n) is 6.65. The van der Waals surface area contributed by atoms with Crippen LogP contribution in [0.5, 0.6) is 0 Å². The third-order valence-corrected chi connectivity index (χ3v) is 3.78. The Morgan fingerprint density at radius 3 is 2.72 bits per heavy atom. The first-order chi connectivity index (χ1) is 8.52. The molecule has 4 heteroatoms. The molecular weight excluding hydrogens is 224 g/mol. The van der Waals surface area contributed by atoms with E-state index in [-0.39, 0.29) is 0 Å². The van der Waals surface area contributed by atoms with Crippen molar-refractivity contribution in [1.82, 2.24) is 9.88 Å². The SMILES string of the molecule is Cc1cc(N2CCN(C)CC2C)c(CN)c(C)n1. The Balaban J connectivity index is 2.37. The molecule has 2 N–H and O–H groups in total. The van der Waals surface area contributed by atoms with E-state index < -0.39 is 0 Å². The van der Waals surface area contributed by atoms with Gasteiger partial charge >= 0.3 is 0 Å². The van der Waals surface area contributed by atoms with Crippen LogP contribution in [-0.2, 0) is 6.54 Å². The van der Waals surface area contributed by atoms with Crippen LogP contribution in [0.2, 0.25) is 0 Å². The summed E-state index contributed by atoms with van der Waals surface area (Å²) in [7, 11) is 2.18. The van der Waals surface area contributed by atoms with E-state index in [1.807, 2.05) is 0 Å². The highest BCUT2D eigenvalue weighted by Gasteiger charge is 2.24. The van der Waals surface area contributed by atoms with Gasteiger partial charge in [0.15, 0.2) is 0 Å². The lowest BCUT2D eigenvalue weighted by molar-refractivity contribution is 0.275. The number of pyridine rings is 1. The third kappa shape index (κ3) is 2.49. The van der Waals surface area contributed by atoms with E-state index in [2.05, 4.69) is 48.7 Å². The maximum atomic E-state index is 5.90. The molecule has 1 atom stereocenters. The zero-order valence-corrected chi connectivity index (χ0v) is 11.9. The largest absolute Gasteiger partial charge is 0.366 e. The Labute approximate surface area is 110 Å². The van der Waals surface area contributed by atoms with Crippen molar-refractivity contribution in [3.63, 3.8) is 0 Å². The lowest BCUT2D eigenvalue weighted by atomic mass is 10.1. The van der Waals surface area contributed by atoms with Crippen LogP contribution >= 0.6 is 0 Å². The second-order valence-electron chi connectivity index (χ2n) is 5.36. The van der Waals surface area contributed by atoms with Gasteiger partial charge in [-0.05, 0) is 33.9 Å². The number of likely N-dealkylation sites (N-methyl/N-ethyl adjacent to an activating group) is 1. The van der Waals surface area contributed by atoms with Gasteiger partial charge in [-0.25, -0.2) is 0 Å². The number of hydrogen-bond acceptors (Lipinski definition) is 4. The van der Waals surface area contributed by atoms with E-state index in [0.717, 1.165) is 31.0 Å². The Bertz CT molecular complexity index is 430. The summed E-state index contributed by atoms with van der Waals surface area (Å²) in [6.07, 6.45) is 0. The summed E-state index contributed by atoms with van der Waals surface area (Å²) in [6, 6.07) is 2.70. The summed E-state index contributed by atoms with van der Waals surface area (Å²) in [5.41, 5.74) is 10.5. The standard InChI is InChI=1S/C14H24N4/c1-10-7-14(13(8-15)12(3)16-10)18-6-5-17(4)9-11(18)2/h7,11H,5-6,8-9,15H2,1-4H3. The van der Waals surface area contributed by atoms with E-state index in [9.17, 15) is 0 Å². The van der Waals surface area contributed by atoms with Gasteiger partial charge in [0, 0.05) is 54.9 Å². The Hall–Kier alpha value is -1.13. The number of anilines is 1. The maximum absolute atomic E-state index is 5.90. The van der Waals surface area contributed by atoms with E-state index in [1.165, 1.54) is 11.3 Å².